The Morgan fingerprint density at radius 3 is 2.53 bits per heavy atom. The number of amides is 1. The lowest BCUT2D eigenvalue weighted by molar-refractivity contribution is -0.124. The van der Waals surface area contributed by atoms with E-state index in [0.717, 1.165) is 19.3 Å². The van der Waals surface area contributed by atoms with E-state index < -0.39 is 0 Å². The summed E-state index contributed by atoms with van der Waals surface area (Å²) >= 11 is 0. The van der Waals surface area contributed by atoms with Gasteiger partial charge in [-0.2, -0.15) is 5.10 Å². The van der Waals surface area contributed by atoms with Crippen LogP contribution in [0.2, 0.25) is 0 Å². The van der Waals surface area contributed by atoms with E-state index in [1.807, 2.05) is 0 Å². The average molecular weight is 264 g/mol. The number of carbonyl (C=O) groups excluding carboxylic acids is 1. The first-order chi connectivity index (χ1) is 9.08. The third-order valence-corrected chi connectivity index (χ3v) is 4.80. The van der Waals surface area contributed by atoms with Gasteiger partial charge in [-0.25, -0.2) is 5.43 Å². The van der Waals surface area contributed by atoms with Gasteiger partial charge in [0, 0.05) is 17.5 Å². The van der Waals surface area contributed by atoms with Gasteiger partial charge in [-0.3, -0.25) is 4.79 Å². The molecule has 2 rings (SSSR count). The predicted octanol–water partition coefficient (Wildman–Crippen LogP) is 3.74. The van der Waals surface area contributed by atoms with Gasteiger partial charge >= 0.3 is 0 Å². The molecule has 0 aromatic heterocycles. The second-order valence-corrected chi connectivity index (χ2v) is 6.80. The van der Waals surface area contributed by atoms with Crippen LogP contribution in [0.5, 0.6) is 0 Å². The molecule has 108 valence electrons. The average Bonchev–Trinajstić information content (AvgIpc) is 2.89. The summed E-state index contributed by atoms with van der Waals surface area (Å²) in [7, 11) is 0. The van der Waals surface area contributed by atoms with Crippen molar-refractivity contribution in [2.75, 3.05) is 0 Å². The van der Waals surface area contributed by atoms with Gasteiger partial charge in [-0.1, -0.05) is 33.6 Å². The molecule has 0 aromatic rings. The molecule has 2 atom stereocenters. The lowest BCUT2D eigenvalue weighted by atomic mass is 9.76. The summed E-state index contributed by atoms with van der Waals surface area (Å²) < 4.78 is 0. The standard InChI is InChI=1S/C16H28N2O/c1-11(2)14-9-8-12(3)10-15(14)17-18-16(19)13-6-4-5-7-13/h11-14H,4-10H2,1-3H3,(H,18,19)/t12-,14+/m0/s1. The molecule has 3 nitrogen and oxygen atoms in total. The van der Waals surface area contributed by atoms with Gasteiger partial charge in [0.25, 0.3) is 0 Å². The molecule has 19 heavy (non-hydrogen) atoms. The van der Waals surface area contributed by atoms with Gasteiger partial charge in [-0.05, 0) is 43.9 Å². The Morgan fingerprint density at radius 1 is 1.21 bits per heavy atom. The van der Waals surface area contributed by atoms with Crippen molar-refractivity contribution in [1.82, 2.24) is 5.43 Å². The number of nitrogens with one attached hydrogen (secondary N) is 1. The van der Waals surface area contributed by atoms with Crippen LogP contribution in [-0.4, -0.2) is 11.6 Å². The first kappa shape index (κ1) is 14.5. The molecule has 0 aromatic carbocycles. The number of hydrogen-bond acceptors (Lipinski definition) is 2. The Morgan fingerprint density at radius 2 is 1.89 bits per heavy atom. The van der Waals surface area contributed by atoms with Gasteiger partial charge in [0.2, 0.25) is 5.91 Å². The molecule has 0 heterocycles. The van der Waals surface area contributed by atoms with Crippen molar-refractivity contribution in [3.63, 3.8) is 0 Å². The lowest BCUT2D eigenvalue weighted by Crippen LogP contribution is -2.32. The maximum absolute atomic E-state index is 12.0. The highest BCUT2D eigenvalue weighted by Gasteiger charge is 2.28. The smallest absolute Gasteiger partial charge is 0.243 e. The zero-order valence-electron chi connectivity index (χ0n) is 12.6. The first-order valence-electron chi connectivity index (χ1n) is 7.94. The van der Waals surface area contributed by atoms with Crippen LogP contribution in [0, 0.1) is 23.7 Å². The van der Waals surface area contributed by atoms with Gasteiger partial charge < -0.3 is 0 Å². The number of hydrazone groups is 1. The monoisotopic (exact) mass is 264 g/mol. The van der Waals surface area contributed by atoms with E-state index in [4.69, 9.17) is 0 Å². The normalized spacial score (nSPS) is 31.1. The summed E-state index contributed by atoms with van der Waals surface area (Å²) in [5, 5.41) is 4.50. The maximum Gasteiger partial charge on any atom is 0.243 e. The Bertz CT molecular complexity index is 343. The van der Waals surface area contributed by atoms with Crippen LogP contribution in [-0.2, 0) is 4.79 Å². The van der Waals surface area contributed by atoms with Crippen LogP contribution in [0.4, 0.5) is 0 Å². The quantitative estimate of drug-likeness (QED) is 0.775. The van der Waals surface area contributed by atoms with Crippen molar-refractivity contribution < 1.29 is 4.79 Å². The number of nitrogens with zero attached hydrogens (tertiary/aromatic N) is 1. The summed E-state index contributed by atoms with van der Waals surface area (Å²) in [5.74, 6) is 2.24. The second-order valence-electron chi connectivity index (χ2n) is 6.80. The molecule has 2 aliphatic carbocycles. The third kappa shape index (κ3) is 3.80. The Kier molecular flexibility index (Phi) is 5.00. The van der Waals surface area contributed by atoms with Crippen LogP contribution < -0.4 is 5.43 Å². The largest absolute Gasteiger partial charge is 0.273 e. The highest BCUT2D eigenvalue weighted by molar-refractivity contribution is 5.89. The number of rotatable bonds is 3. The van der Waals surface area contributed by atoms with Crippen LogP contribution in [0.15, 0.2) is 5.10 Å². The molecular formula is C16H28N2O. The Balaban J connectivity index is 1.96. The minimum atomic E-state index is 0.144. The minimum absolute atomic E-state index is 0.144. The zero-order chi connectivity index (χ0) is 13.8. The van der Waals surface area contributed by atoms with Gasteiger partial charge in [0.05, 0.1) is 0 Å². The van der Waals surface area contributed by atoms with E-state index >= 15 is 0 Å². The fraction of sp³-hybridized carbons (Fsp3) is 0.875. The van der Waals surface area contributed by atoms with Crippen molar-refractivity contribution >= 4 is 11.6 Å². The van der Waals surface area contributed by atoms with E-state index in [2.05, 4.69) is 31.3 Å². The fourth-order valence-corrected chi connectivity index (χ4v) is 3.49. The SMILES string of the molecule is CC(C)[C@H]1CC[C@H](C)CC1=NNC(=O)C1CCCC1. The molecule has 0 bridgehead atoms. The summed E-state index contributed by atoms with van der Waals surface area (Å²) in [6.07, 6.45) is 8.03. The highest BCUT2D eigenvalue weighted by Crippen LogP contribution is 2.31. The van der Waals surface area contributed by atoms with Crippen LogP contribution in [0.25, 0.3) is 0 Å². The molecule has 2 saturated carbocycles. The number of hydrogen-bond donors (Lipinski definition) is 1. The van der Waals surface area contributed by atoms with E-state index in [9.17, 15) is 4.79 Å². The van der Waals surface area contributed by atoms with Crippen molar-refractivity contribution in [2.24, 2.45) is 28.8 Å². The minimum Gasteiger partial charge on any atom is -0.273 e. The maximum atomic E-state index is 12.0. The first-order valence-corrected chi connectivity index (χ1v) is 7.94. The van der Waals surface area contributed by atoms with E-state index in [0.29, 0.717) is 17.8 Å². The van der Waals surface area contributed by atoms with Crippen LogP contribution in [0.3, 0.4) is 0 Å². The molecule has 0 radical (unpaired) electrons. The molecular weight excluding hydrogens is 236 g/mol. The summed E-state index contributed by atoms with van der Waals surface area (Å²) in [6, 6.07) is 0. The molecule has 0 unspecified atom stereocenters. The molecule has 2 aliphatic rings. The van der Waals surface area contributed by atoms with Gasteiger partial charge in [-0.15, -0.1) is 0 Å². The Labute approximate surface area is 117 Å². The molecule has 1 amide bonds. The Hall–Kier alpha value is -0.860. The van der Waals surface area contributed by atoms with Crippen molar-refractivity contribution in [3.05, 3.63) is 0 Å². The lowest BCUT2D eigenvalue weighted by Gasteiger charge is -2.30. The van der Waals surface area contributed by atoms with Crippen molar-refractivity contribution in [1.29, 1.82) is 0 Å². The summed E-state index contributed by atoms with van der Waals surface area (Å²) in [6.45, 7) is 6.80. The predicted molar refractivity (Wildman–Crippen MR) is 78.9 cm³/mol. The number of carbonyl (C=O) groups is 1. The van der Waals surface area contributed by atoms with E-state index in [1.165, 1.54) is 31.4 Å². The van der Waals surface area contributed by atoms with Gasteiger partial charge in [0.15, 0.2) is 0 Å². The summed E-state index contributed by atoms with van der Waals surface area (Å²) in [4.78, 5) is 12.0. The second kappa shape index (κ2) is 6.53. The van der Waals surface area contributed by atoms with Crippen LogP contribution in [0.1, 0.15) is 65.7 Å². The van der Waals surface area contributed by atoms with E-state index in [1.54, 1.807) is 0 Å². The molecule has 0 saturated heterocycles. The molecule has 3 heteroatoms. The zero-order valence-corrected chi connectivity index (χ0v) is 12.6. The third-order valence-electron chi connectivity index (χ3n) is 4.80. The molecule has 0 aliphatic heterocycles. The summed E-state index contributed by atoms with van der Waals surface area (Å²) in [5.41, 5.74) is 4.07. The molecule has 0 spiro atoms. The van der Waals surface area contributed by atoms with E-state index in [-0.39, 0.29) is 11.8 Å². The molecule has 1 N–H and O–H groups in total. The molecule has 2 fully saturated rings. The topological polar surface area (TPSA) is 41.5 Å². The van der Waals surface area contributed by atoms with Crippen molar-refractivity contribution in [2.45, 2.75) is 65.7 Å². The van der Waals surface area contributed by atoms with Gasteiger partial charge in [0.1, 0.15) is 0 Å². The van der Waals surface area contributed by atoms with Crippen LogP contribution >= 0.6 is 0 Å². The van der Waals surface area contributed by atoms with Crippen molar-refractivity contribution in [3.8, 4) is 0 Å². The fourth-order valence-electron chi connectivity index (χ4n) is 3.49. The highest BCUT2D eigenvalue weighted by atomic mass is 16.2.